The molecule has 0 atom stereocenters. The van der Waals surface area contributed by atoms with Crippen LogP contribution in [0.5, 0.6) is 0 Å². The highest BCUT2D eigenvalue weighted by molar-refractivity contribution is 5.92. The fraction of sp³-hybridized carbons (Fsp3) is 0.308. The molecule has 0 spiro atoms. The molecule has 0 aliphatic heterocycles. The van der Waals surface area contributed by atoms with Crippen LogP contribution in [0.3, 0.4) is 0 Å². The van der Waals surface area contributed by atoms with Crippen LogP contribution in [0.25, 0.3) is 0 Å². The first-order valence-corrected chi connectivity index (χ1v) is 6.65. The highest BCUT2D eigenvalue weighted by Crippen LogP contribution is 2.30. The third-order valence-electron chi connectivity index (χ3n) is 2.54. The Morgan fingerprint density at radius 1 is 1.30 bits per heavy atom. The van der Waals surface area contributed by atoms with E-state index in [0.29, 0.717) is 0 Å². The van der Waals surface area contributed by atoms with Gasteiger partial charge in [0.1, 0.15) is 6.33 Å². The molecule has 3 N–H and O–H groups in total. The largest absolute Gasteiger partial charge is 0.459 e. The number of aromatic nitrogens is 2. The van der Waals surface area contributed by atoms with Gasteiger partial charge in [0.05, 0.1) is 11.2 Å². The van der Waals surface area contributed by atoms with Crippen molar-refractivity contribution in [2.75, 3.05) is 10.7 Å². The van der Waals surface area contributed by atoms with Crippen LogP contribution in [0.2, 0.25) is 0 Å². The highest BCUT2D eigenvalue weighted by Gasteiger charge is 2.26. The summed E-state index contributed by atoms with van der Waals surface area (Å²) in [7, 11) is 0. The van der Waals surface area contributed by atoms with Gasteiger partial charge in [-0.25, -0.2) is 9.97 Å². The Kier molecular flexibility index (Phi) is 4.44. The fourth-order valence-corrected chi connectivity index (χ4v) is 1.68. The fourth-order valence-electron chi connectivity index (χ4n) is 1.68. The number of hydrazine groups is 1. The van der Waals surface area contributed by atoms with Crippen molar-refractivity contribution in [2.45, 2.75) is 26.3 Å². The molecule has 0 radical (unpaired) electrons. The van der Waals surface area contributed by atoms with Crippen LogP contribution < -0.4 is 16.2 Å². The van der Waals surface area contributed by atoms with Crippen molar-refractivity contribution < 1.29 is 14.1 Å². The van der Waals surface area contributed by atoms with Gasteiger partial charge in [-0.1, -0.05) is 0 Å². The maximum atomic E-state index is 11.8. The summed E-state index contributed by atoms with van der Waals surface area (Å²) in [5.74, 6) is -0.626. The van der Waals surface area contributed by atoms with Gasteiger partial charge in [-0.15, -0.1) is 0 Å². The van der Waals surface area contributed by atoms with E-state index in [1.54, 1.807) is 6.07 Å². The molecule has 2 heterocycles. The molecule has 0 bridgehead atoms. The molecule has 122 valence electrons. The number of nitrogens with one attached hydrogen (secondary N) is 3. The van der Waals surface area contributed by atoms with Gasteiger partial charge in [-0.2, -0.15) is 0 Å². The summed E-state index contributed by atoms with van der Waals surface area (Å²) in [6, 6.07) is 3.01. The number of nitrogens with zero attached hydrogens (tertiary/aromatic N) is 3. The number of rotatable bonds is 5. The summed E-state index contributed by atoms with van der Waals surface area (Å²) in [5.41, 5.74) is 3.89. The van der Waals surface area contributed by atoms with Gasteiger partial charge in [-0.3, -0.25) is 25.8 Å². The number of carbonyl (C=O) groups is 1. The number of amides is 1. The van der Waals surface area contributed by atoms with E-state index in [2.05, 4.69) is 26.1 Å². The molecule has 2 rings (SSSR count). The summed E-state index contributed by atoms with van der Waals surface area (Å²) in [4.78, 5) is 30.1. The molecule has 0 aliphatic carbocycles. The number of furan rings is 1. The van der Waals surface area contributed by atoms with E-state index in [9.17, 15) is 14.9 Å². The first-order chi connectivity index (χ1) is 10.8. The van der Waals surface area contributed by atoms with Crippen LogP contribution in [-0.2, 0) is 0 Å². The molecule has 2 aromatic heterocycles. The average molecular weight is 320 g/mol. The molecule has 0 saturated heterocycles. The zero-order valence-electron chi connectivity index (χ0n) is 12.8. The van der Waals surface area contributed by atoms with Gasteiger partial charge < -0.3 is 9.73 Å². The first-order valence-electron chi connectivity index (χ1n) is 6.65. The Balaban J connectivity index is 2.22. The normalized spacial score (nSPS) is 10.9. The monoisotopic (exact) mass is 320 g/mol. The molecule has 2 aromatic rings. The average Bonchev–Trinajstić information content (AvgIpc) is 2.96. The third kappa shape index (κ3) is 4.15. The molecule has 1 amide bonds. The molecule has 10 heteroatoms. The summed E-state index contributed by atoms with van der Waals surface area (Å²) >= 11 is 0. The molecular formula is C13H16N6O4. The Morgan fingerprint density at radius 2 is 2.00 bits per heavy atom. The number of carbonyl (C=O) groups excluding carboxylic acids is 1. The zero-order valence-corrected chi connectivity index (χ0v) is 12.8. The lowest BCUT2D eigenvalue weighted by Gasteiger charge is -2.21. The Labute approximate surface area is 131 Å². The number of anilines is 2. The molecular weight excluding hydrogens is 304 g/mol. The zero-order chi connectivity index (χ0) is 17.0. The van der Waals surface area contributed by atoms with E-state index < -0.39 is 16.4 Å². The van der Waals surface area contributed by atoms with Crippen LogP contribution in [0, 0.1) is 10.1 Å². The van der Waals surface area contributed by atoms with Crippen LogP contribution in [0.15, 0.2) is 29.1 Å². The van der Waals surface area contributed by atoms with Crippen LogP contribution in [0.4, 0.5) is 17.3 Å². The van der Waals surface area contributed by atoms with Crippen molar-refractivity contribution in [2.24, 2.45) is 0 Å². The van der Waals surface area contributed by atoms with E-state index in [0.717, 1.165) is 6.33 Å². The lowest BCUT2D eigenvalue weighted by Crippen LogP contribution is -2.31. The van der Waals surface area contributed by atoms with Crippen molar-refractivity contribution in [3.8, 4) is 0 Å². The summed E-state index contributed by atoms with van der Waals surface area (Å²) in [5, 5.41) is 14.2. The van der Waals surface area contributed by atoms with E-state index in [1.807, 2.05) is 20.8 Å². The Bertz CT molecular complexity index is 708. The van der Waals surface area contributed by atoms with Crippen LogP contribution in [-0.4, -0.2) is 26.3 Å². The maximum Gasteiger partial charge on any atom is 0.354 e. The smallest absolute Gasteiger partial charge is 0.354 e. The van der Waals surface area contributed by atoms with Crippen molar-refractivity contribution in [3.63, 3.8) is 0 Å². The number of hydrogen-bond acceptors (Lipinski definition) is 8. The van der Waals surface area contributed by atoms with Crippen molar-refractivity contribution in [3.05, 3.63) is 40.6 Å². The van der Waals surface area contributed by atoms with E-state index >= 15 is 0 Å². The predicted octanol–water partition coefficient (Wildman–Crippen LogP) is 1.95. The molecule has 0 aliphatic rings. The van der Waals surface area contributed by atoms with Gasteiger partial charge in [0.25, 0.3) is 0 Å². The van der Waals surface area contributed by atoms with Crippen molar-refractivity contribution in [1.82, 2.24) is 15.4 Å². The first kappa shape index (κ1) is 16.2. The van der Waals surface area contributed by atoms with E-state index in [1.165, 1.54) is 12.3 Å². The lowest BCUT2D eigenvalue weighted by atomic mass is 10.1. The van der Waals surface area contributed by atoms with Gasteiger partial charge in [0, 0.05) is 5.54 Å². The predicted molar refractivity (Wildman–Crippen MR) is 81.9 cm³/mol. The second kappa shape index (κ2) is 6.30. The second-order valence-electron chi connectivity index (χ2n) is 5.61. The number of nitro groups is 1. The molecule has 23 heavy (non-hydrogen) atoms. The Hall–Kier alpha value is -3.17. The maximum absolute atomic E-state index is 11.8. The minimum Gasteiger partial charge on any atom is -0.459 e. The van der Waals surface area contributed by atoms with E-state index in [4.69, 9.17) is 4.42 Å². The van der Waals surface area contributed by atoms with Gasteiger partial charge >= 0.3 is 11.6 Å². The summed E-state index contributed by atoms with van der Waals surface area (Å²) in [6.45, 7) is 5.51. The SMILES string of the molecule is CC(C)(C)Nc1ncnc(NNC(=O)c2ccco2)c1[N+](=O)[O-]. The lowest BCUT2D eigenvalue weighted by molar-refractivity contribution is -0.383. The minimum atomic E-state index is -0.630. The van der Waals surface area contributed by atoms with Crippen LogP contribution >= 0.6 is 0 Å². The molecule has 10 nitrogen and oxygen atoms in total. The van der Waals surface area contributed by atoms with Gasteiger partial charge in [0.15, 0.2) is 5.76 Å². The quantitative estimate of drug-likeness (QED) is 0.562. The van der Waals surface area contributed by atoms with Crippen LogP contribution in [0.1, 0.15) is 31.3 Å². The molecule has 0 unspecified atom stereocenters. The summed E-state index contributed by atoms with van der Waals surface area (Å²) < 4.78 is 4.92. The molecule has 0 fully saturated rings. The number of hydrogen-bond donors (Lipinski definition) is 3. The van der Waals surface area contributed by atoms with Gasteiger partial charge in [-0.05, 0) is 32.9 Å². The van der Waals surface area contributed by atoms with Crippen molar-refractivity contribution in [1.29, 1.82) is 0 Å². The molecule has 0 saturated carbocycles. The van der Waals surface area contributed by atoms with Crippen molar-refractivity contribution >= 4 is 23.2 Å². The van der Waals surface area contributed by atoms with Gasteiger partial charge in [0.2, 0.25) is 11.6 Å². The topological polar surface area (TPSA) is 135 Å². The minimum absolute atomic E-state index is 0.0484. The standard InChI is InChI=1S/C13H16N6O4/c1-13(2,3)16-10-9(19(21)22)11(15-7-14-10)17-18-12(20)8-5-4-6-23-8/h4-7H,1-3H3,(H,18,20)(H2,14,15,16,17). The highest BCUT2D eigenvalue weighted by atomic mass is 16.6. The second-order valence-corrected chi connectivity index (χ2v) is 5.61. The third-order valence-corrected chi connectivity index (χ3v) is 2.54. The van der Waals surface area contributed by atoms with E-state index in [-0.39, 0.29) is 23.1 Å². The molecule has 0 aromatic carbocycles. The summed E-state index contributed by atoms with van der Waals surface area (Å²) in [6.07, 6.45) is 2.50. The Morgan fingerprint density at radius 3 is 2.57 bits per heavy atom.